The molecule has 3 heterocycles. The van der Waals surface area contributed by atoms with Gasteiger partial charge in [0.25, 0.3) is 11.8 Å². The van der Waals surface area contributed by atoms with E-state index < -0.39 is 0 Å². The Morgan fingerprint density at radius 1 is 0.902 bits per heavy atom. The Labute approximate surface area is 244 Å². The molecule has 0 radical (unpaired) electrons. The van der Waals surface area contributed by atoms with E-state index in [4.69, 9.17) is 5.73 Å². The summed E-state index contributed by atoms with van der Waals surface area (Å²) >= 11 is 1.42. The van der Waals surface area contributed by atoms with Crippen molar-refractivity contribution in [3.8, 4) is 0 Å². The largest absolute Gasteiger partial charge is 0.370 e. The maximum atomic E-state index is 13.1. The first-order chi connectivity index (χ1) is 19.9. The quantitative estimate of drug-likeness (QED) is 0.242. The number of anilines is 5. The van der Waals surface area contributed by atoms with Crippen LogP contribution in [0.2, 0.25) is 0 Å². The standard InChI is InChI=1S/C33H33N5O2S/c1-22-4-2-5-24-20-27(36-32(39)23-7-12-28(13-8-23)37-18-17-25(34)21-37)11-16-30(24)38(22)29-14-9-26(10-15-29)35-33(40)31-6-3-19-41-31/h2-3,5-16,19-20,22,25H,4,17-18,21,34H2,1H3,(H,35,40)(H,36,39). The molecule has 1 saturated heterocycles. The normalized spacial score (nSPS) is 18.1. The van der Waals surface area contributed by atoms with Gasteiger partial charge in [0.05, 0.1) is 4.88 Å². The highest BCUT2D eigenvalue weighted by atomic mass is 32.1. The molecule has 1 aromatic heterocycles. The first kappa shape index (κ1) is 26.8. The van der Waals surface area contributed by atoms with E-state index in [2.05, 4.69) is 45.6 Å². The Morgan fingerprint density at radius 3 is 2.34 bits per heavy atom. The zero-order chi connectivity index (χ0) is 28.3. The van der Waals surface area contributed by atoms with Crippen LogP contribution in [0, 0.1) is 0 Å². The summed E-state index contributed by atoms with van der Waals surface area (Å²) in [4.78, 5) is 30.7. The lowest BCUT2D eigenvalue weighted by molar-refractivity contribution is 0.102. The van der Waals surface area contributed by atoms with Gasteiger partial charge in [0, 0.05) is 59.2 Å². The Kier molecular flexibility index (Phi) is 7.59. The molecule has 0 saturated carbocycles. The fourth-order valence-electron chi connectivity index (χ4n) is 5.47. The van der Waals surface area contributed by atoms with Gasteiger partial charge in [-0.2, -0.15) is 0 Å². The van der Waals surface area contributed by atoms with E-state index in [-0.39, 0.29) is 23.9 Å². The number of carbonyl (C=O) groups is 2. The molecule has 208 valence electrons. The zero-order valence-corrected chi connectivity index (χ0v) is 23.7. The van der Waals surface area contributed by atoms with E-state index in [0.29, 0.717) is 10.4 Å². The molecule has 4 aromatic rings. The molecule has 2 atom stereocenters. The molecule has 41 heavy (non-hydrogen) atoms. The number of amides is 2. The fourth-order valence-corrected chi connectivity index (χ4v) is 6.09. The van der Waals surface area contributed by atoms with Crippen LogP contribution in [0.25, 0.3) is 6.08 Å². The van der Waals surface area contributed by atoms with Gasteiger partial charge >= 0.3 is 0 Å². The monoisotopic (exact) mass is 563 g/mol. The van der Waals surface area contributed by atoms with Crippen molar-refractivity contribution >= 4 is 57.7 Å². The van der Waals surface area contributed by atoms with Crippen LogP contribution in [0.15, 0.2) is 90.3 Å². The summed E-state index contributed by atoms with van der Waals surface area (Å²) in [6.07, 6.45) is 6.16. The lowest BCUT2D eigenvalue weighted by Crippen LogP contribution is -2.27. The predicted molar refractivity (Wildman–Crippen MR) is 170 cm³/mol. The van der Waals surface area contributed by atoms with Gasteiger partial charge in [0.2, 0.25) is 0 Å². The van der Waals surface area contributed by atoms with Gasteiger partial charge < -0.3 is 26.2 Å². The molecule has 3 aromatic carbocycles. The van der Waals surface area contributed by atoms with Crippen molar-refractivity contribution in [2.45, 2.75) is 31.8 Å². The SMILES string of the molecule is CC1CC=Cc2cc(NC(=O)c3ccc(N4CCC(N)C4)cc3)ccc2N1c1ccc(NC(=O)c2cccs2)cc1. The van der Waals surface area contributed by atoms with Crippen molar-refractivity contribution < 1.29 is 9.59 Å². The molecule has 8 heteroatoms. The first-order valence-electron chi connectivity index (χ1n) is 13.9. The van der Waals surface area contributed by atoms with E-state index in [1.807, 2.05) is 78.2 Å². The van der Waals surface area contributed by atoms with Crippen LogP contribution in [-0.4, -0.2) is 37.0 Å². The van der Waals surface area contributed by atoms with Crippen molar-refractivity contribution in [2.24, 2.45) is 5.73 Å². The molecule has 0 aliphatic carbocycles. The van der Waals surface area contributed by atoms with Gasteiger partial charge in [0.1, 0.15) is 0 Å². The second-order valence-corrected chi connectivity index (χ2v) is 11.6. The topological polar surface area (TPSA) is 90.7 Å². The van der Waals surface area contributed by atoms with E-state index in [1.165, 1.54) is 11.3 Å². The lowest BCUT2D eigenvalue weighted by Gasteiger charge is -2.31. The molecule has 1 fully saturated rings. The number of carbonyl (C=O) groups excluding carboxylic acids is 2. The Bertz CT molecular complexity index is 1560. The molecule has 4 N–H and O–H groups in total. The molecule has 0 bridgehead atoms. The Balaban J connectivity index is 1.17. The summed E-state index contributed by atoms with van der Waals surface area (Å²) in [7, 11) is 0. The molecule has 6 rings (SSSR count). The molecule has 0 spiro atoms. The second-order valence-electron chi connectivity index (χ2n) is 10.6. The number of rotatable bonds is 6. The summed E-state index contributed by atoms with van der Waals surface area (Å²) in [5, 5.41) is 7.92. The van der Waals surface area contributed by atoms with Gasteiger partial charge in [-0.05, 0) is 104 Å². The van der Waals surface area contributed by atoms with Gasteiger partial charge in [0.15, 0.2) is 0 Å². The molecule has 7 nitrogen and oxygen atoms in total. The number of nitrogens with one attached hydrogen (secondary N) is 2. The highest BCUT2D eigenvalue weighted by molar-refractivity contribution is 7.12. The third kappa shape index (κ3) is 5.89. The fraction of sp³-hybridized carbons (Fsp3) is 0.212. The number of hydrogen-bond acceptors (Lipinski definition) is 6. The minimum atomic E-state index is -0.141. The number of fused-ring (bicyclic) bond motifs is 1. The number of nitrogens with two attached hydrogens (primary N) is 1. The summed E-state index contributed by atoms with van der Waals surface area (Å²) in [6, 6.07) is 25.8. The molecular formula is C33H33N5O2S. The van der Waals surface area contributed by atoms with Crippen LogP contribution in [-0.2, 0) is 0 Å². The zero-order valence-electron chi connectivity index (χ0n) is 22.9. The van der Waals surface area contributed by atoms with E-state index in [1.54, 1.807) is 0 Å². The third-order valence-electron chi connectivity index (χ3n) is 7.63. The number of thiophene rings is 1. The smallest absolute Gasteiger partial charge is 0.265 e. The average Bonchev–Trinajstić information content (AvgIpc) is 3.65. The van der Waals surface area contributed by atoms with Gasteiger partial charge in [-0.3, -0.25) is 9.59 Å². The minimum Gasteiger partial charge on any atom is -0.370 e. The number of hydrogen-bond donors (Lipinski definition) is 3. The van der Waals surface area contributed by atoms with Crippen LogP contribution >= 0.6 is 11.3 Å². The van der Waals surface area contributed by atoms with Gasteiger partial charge in [-0.25, -0.2) is 0 Å². The van der Waals surface area contributed by atoms with Crippen molar-refractivity contribution in [2.75, 3.05) is 33.5 Å². The molecule has 2 aliphatic heterocycles. The average molecular weight is 564 g/mol. The number of benzene rings is 3. The first-order valence-corrected chi connectivity index (χ1v) is 14.8. The molecule has 2 aliphatic rings. The van der Waals surface area contributed by atoms with Crippen molar-refractivity contribution in [3.05, 3.63) is 106 Å². The summed E-state index contributed by atoms with van der Waals surface area (Å²) < 4.78 is 0. The van der Waals surface area contributed by atoms with E-state index in [9.17, 15) is 9.59 Å². The molecule has 2 amide bonds. The van der Waals surface area contributed by atoms with Crippen LogP contribution in [0.4, 0.5) is 28.4 Å². The van der Waals surface area contributed by atoms with Gasteiger partial charge in [-0.1, -0.05) is 18.2 Å². The van der Waals surface area contributed by atoms with E-state index in [0.717, 1.165) is 59.9 Å². The summed E-state index contributed by atoms with van der Waals surface area (Å²) in [5.41, 5.74) is 12.4. The highest BCUT2D eigenvalue weighted by Crippen LogP contribution is 2.37. The van der Waals surface area contributed by atoms with Crippen LogP contribution in [0.3, 0.4) is 0 Å². The van der Waals surface area contributed by atoms with Gasteiger partial charge in [-0.15, -0.1) is 11.3 Å². The minimum absolute atomic E-state index is 0.104. The van der Waals surface area contributed by atoms with Crippen molar-refractivity contribution in [1.29, 1.82) is 0 Å². The van der Waals surface area contributed by atoms with Crippen LogP contribution < -0.4 is 26.2 Å². The Hall–Kier alpha value is -4.40. The van der Waals surface area contributed by atoms with Crippen molar-refractivity contribution in [1.82, 2.24) is 0 Å². The second kappa shape index (κ2) is 11.6. The molecule has 2 unspecified atom stereocenters. The summed E-state index contributed by atoms with van der Waals surface area (Å²) in [5.74, 6) is -0.245. The van der Waals surface area contributed by atoms with E-state index >= 15 is 0 Å². The molecular weight excluding hydrogens is 530 g/mol. The van der Waals surface area contributed by atoms with Crippen molar-refractivity contribution in [3.63, 3.8) is 0 Å². The van der Waals surface area contributed by atoms with Crippen LogP contribution in [0.1, 0.15) is 45.4 Å². The number of nitrogens with zero attached hydrogens (tertiary/aromatic N) is 2. The Morgan fingerprint density at radius 2 is 1.63 bits per heavy atom. The third-order valence-corrected chi connectivity index (χ3v) is 8.50. The highest BCUT2D eigenvalue weighted by Gasteiger charge is 2.22. The summed E-state index contributed by atoms with van der Waals surface area (Å²) in [6.45, 7) is 3.99. The maximum Gasteiger partial charge on any atom is 0.265 e. The maximum absolute atomic E-state index is 13.1. The lowest BCUT2D eigenvalue weighted by atomic mass is 10.1. The van der Waals surface area contributed by atoms with Crippen LogP contribution in [0.5, 0.6) is 0 Å². The predicted octanol–water partition coefficient (Wildman–Crippen LogP) is 6.73.